The quantitative estimate of drug-likeness (QED) is 0.826. The van der Waals surface area contributed by atoms with Crippen molar-refractivity contribution in [1.82, 2.24) is 10.3 Å². The number of hydrogen-bond donors (Lipinski definition) is 2. The van der Waals surface area contributed by atoms with E-state index in [1.54, 1.807) is 29.5 Å². The minimum Gasteiger partial charge on any atom is -0.398 e. The summed E-state index contributed by atoms with van der Waals surface area (Å²) in [5.74, 6) is -0.162. The normalized spacial score (nSPS) is 12.2. The molecule has 0 aliphatic carbocycles. The van der Waals surface area contributed by atoms with E-state index in [4.69, 9.17) is 5.73 Å². The van der Waals surface area contributed by atoms with Crippen LogP contribution in [0.15, 0.2) is 28.9 Å². The van der Waals surface area contributed by atoms with Crippen molar-refractivity contribution in [2.45, 2.75) is 26.3 Å². The number of nitrogens with one attached hydrogen (secondary N) is 1. The van der Waals surface area contributed by atoms with E-state index < -0.39 is 0 Å². The number of nitrogens with two attached hydrogens (primary N) is 1. The number of halogens is 1. The second kappa shape index (κ2) is 6.37. The first-order valence-corrected chi connectivity index (χ1v) is 7.93. The van der Waals surface area contributed by atoms with E-state index in [0.29, 0.717) is 15.7 Å². The minimum absolute atomic E-state index is 0.124. The van der Waals surface area contributed by atoms with Gasteiger partial charge in [0.1, 0.15) is 5.01 Å². The van der Waals surface area contributed by atoms with Crippen LogP contribution in [0.3, 0.4) is 0 Å². The predicted octanol–water partition coefficient (Wildman–Crippen LogP) is 3.54. The number of thiazole rings is 1. The number of carbonyl (C=O) groups excluding carboxylic acids is 1. The Labute approximate surface area is 130 Å². The number of rotatable bonds is 4. The molecule has 6 heteroatoms. The zero-order valence-corrected chi connectivity index (χ0v) is 13.7. The van der Waals surface area contributed by atoms with E-state index >= 15 is 0 Å². The Balaban J connectivity index is 2.13. The number of nitrogens with zero attached hydrogens (tertiary/aromatic N) is 1. The van der Waals surface area contributed by atoms with E-state index in [2.05, 4.69) is 33.2 Å². The summed E-state index contributed by atoms with van der Waals surface area (Å²) in [6, 6.07) is 5.12. The number of hydrogen-bond acceptors (Lipinski definition) is 4. The molecule has 2 rings (SSSR count). The maximum atomic E-state index is 12.3. The van der Waals surface area contributed by atoms with Crippen LogP contribution in [0.4, 0.5) is 5.69 Å². The predicted molar refractivity (Wildman–Crippen MR) is 85.9 cm³/mol. The Morgan fingerprint density at radius 1 is 1.55 bits per heavy atom. The Kier molecular flexibility index (Phi) is 4.77. The molecule has 0 aliphatic heterocycles. The number of aromatic nitrogens is 1. The van der Waals surface area contributed by atoms with Crippen LogP contribution in [-0.2, 0) is 6.42 Å². The number of amides is 1. The van der Waals surface area contributed by atoms with Crippen molar-refractivity contribution in [2.24, 2.45) is 0 Å². The molecule has 1 amide bonds. The smallest absolute Gasteiger partial charge is 0.253 e. The molecule has 1 unspecified atom stereocenters. The zero-order chi connectivity index (χ0) is 14.7. The lowest BCUT2D eigenvalue weighted by molar-refractivity contribution is 0.0939. The summed E-state index contributed by atoms with van der Waals surface area (Å²) in [7, 11) is 0. The van der Waals surface area contributed by atoms with Crippen LogP contribution in [-0.4, -0.2) is 10.9 Å². The van der Waals surface area contributed by atoms with E-state index in [0.717, 1.165) is 11.4 Å². The standard InChI is InChI=1S/C14H16BrN3OS/c1-3-9-7-17-14(20-9)8(2)18-13(19)10-5-4-6-11(16)12(10)15/h4-8H,3,16H2,1-2H3,(H,18,19). The molecule has 0 radical (unpaired) electrons. The third-order valence-electron chi connectivity index (χ3n) is 2.91. The lowest BCUT2D eigenvalue weighted by Gasteiger charge is -2.12. The van der Waals surface area contributed by atoms with Crippen LogP contribution in [0.2, 0.25) is 0 Å². The number of anilines is 1. The highest BCUT2D eigenvalue weighted by Gasteiger charge is 2.17. The fourth-order valence-corrected chi connectivity index (χ4v) is 3.05. The lowest BCUT2D eigenvalue weighted by atomic mass is 10.2. The molecule has 0 aliphatic rings. The van der Waals surface area contributed by atoms with Crippen LogP contribution in [0.5, 0.6) is 0 Å². The fourth-order valence-electron chi connectivity index (χ4n) is 1.75. The summed E-state index contributed by atoms with van der Waals surface area (Å²) < 4.78 is 0.623. The molecule has 0 fully saturated rings. The first-order chi connectivity index (χ1) is 9.52. The molecule has 0 bridgehead atoms. The SMILES string of the molecule is CCc1cnc(C(C)NC(=O)c2cccc(N)c2Br)s1. The first-order valence-electron chi connectivity index (χ1n) is 6.32. The van der Waals surface area contributed by atoms with Crippen molar-refractivity contribution in [3.8, 4) is 0 Å². The van der Waals surface area contributed by atoms with E-state index in [1.807, 2.05) is 13.1 Å². The maximum absolute atomic E-state index is 12.3. The highest BCUT2D eigenvalue weighted by molar-refractivity contribution is 9.10. The summed E-state index contributed by atoms with van der Waals surface area (Å²) in [4.78, 5) is 17.8. The summed E-state index contributed by atoms with van der Waals surface area (Å²) in [5, 5.41) is 3.85. The van der Waals surface area contributed by atoms with Gasteiger partial charge in [-0.3, -0.25) is 4.79 Å². The van der Waals surface area contributed by atoms with Gasteiger partial charge in [0.2, 0.25) is 0 Å². The molecular formula is C14H16BrN3OS. The van der Waals surface area contributed by atoms with Gasteiger partial charge in [-0.2, -0.15) is 0 Å². The number of benzene rings is 1. The summed E-state index contributed by atoms with van der Waals surface area (Å²) in [6.07, 6.45) is 2.82. The van der Waals surface area contributed by atoms with Crippen LogP contribution in [0.1, 0.15) is 40.1 Å². The van der Waals surface area contributed by atoms with Crippen molar-refractivity contribution in [3.63, 3.8) is 0 Å². The molecule has 1 aromatic heterocycles. The molecule has 0 saturated heterocycles. The van der Waals surface area contributed by atoms with Crippen molar-refractivity contribution < 1.29 is 4.79 Å². The summed E-state index contributed by atoms with van der Waals surface area (Å²) in [5.41, 5.74) is 6.87. The van der Waals surface area contributed by atoms with Gasteiger partial charge in [0, 0.05) is 16.8 Å². The molecule has 0 saturated carbocycles. The number of aryl methyl sites for hydroxylation is 1. The lowest BCUT2D eigenvalue weighted by Crippen LogP contribution is -2.27. The molecule has 4 nitrogen and oxygen atoms in total. The van der Waals surface area contributed by atoms with E-state index in [1.165, 1.54) is 4.88 Å². The van der Waals surface area contributed by atoms with Crippen LogP contribution >= 0.6 is 27.3 Å². The van der Waals surface area contributed by atoms with Crippen molar-refractivity contribution in [1.29, 1.82) is 0 Å². The van der Waals surface area contributed by atoms with Gasteiger partial charge in [-0.05, 0) is 41.4 Å². The zero-order valence-electron chi connectivity index (χ0n) is 11.3. The Morgan fingerprint density at radius 2 is 2.30 bits per heavy atom. The van der Waals surface area contributed by atoms with Gasteiger partial charge in [-0.25, -0.2) is 4.98 Å². The molecule has 1 aromatic carbocycles. The maximum Gasteiger partial charge on any atom is 0.253 e. The molecule has 2 aromatic rings. The number of carbonyl (C=O) groups is 1. The molecule has 1 heterocycles. The van der Waals surface area contributed by atoms with Crippen molar-refractivity contribution in [2.75, 3.05) is 5.73 Å². The van der Waals surface area contributed by atoms with E-state index in [-0.39, 0.29) is 11.9 Å². The van der Waals surface area contributed by atoms with Gasteiger partial charge < -0.3 is 11.1 Å². The molecular weight excluding hydrogens is 338 g/mol. The minimum atomic E-state index is -0.162. The Bertz CT molecular complexity index is 627. The van der Waals surface area contributed by atoms with Gasteiger partial charge in [0.25, 0.3) is 5.91 Å². The van der Waals surface area contributed by atoms with Gasteiger partial charge in [0.05, 0.1) is 16.1 Å². The Hall–Kier alpha value is -1.40. The fraction of sp³-hybridized carbons (Fsp3) is 0.286. The second-order valence-electron chi connectivity index (χ2n) is 4.42. The number of nitrogen functional groups attached to an aromatic ring is 1. The van der Waals surface area contributed by atoms with Crippen molar-refractivity contribution >= 4 is 38.9 Å². The molecule has 3 N–H and O–H groups in total. The third kappa shape index (κ3) is 3.19. The largest absolute Gasteiger partial charge is 0.398 e. The summed E-state index contributed by atoms with van der Waals surface area (Å²) >= 11 is 4.97. The van der Waals surface area contributed by atoms with E-state index in [9.17, 15) is 4.79 Å². The van der Waals surface area contributed by atoms with Crippen LogP contribution < -0.4 is 11.1 Å². The van der Waals surface area contributed by atoms with Gasteiger partial charge in [-0.15, -0.1) is 11.3 Å². The van der Waals surface area contributed by atoms with Crippen molar-refractivity contribution in [3.05, 3.63) is 44.3 Å². The van der Waals surface area contributed by atoms with Crippen LogP contribution in [0, 0.1) is 0 Å². The average molecular weight is 354 g/mol. The monoisotopic (exact) mass is 353 g/mol. The second-order valence-corrected chi connectivity index (χ2v) is 6.36. The van der Waals surface area contributed by atoms with Crippen LogP contribution in [0.25, 0.3) is 0 Å². The average Bonchev–Trinajstić information content (AvgIpc) is 2.90. The van der Waals surface area contributed by atoms with Gasteiger partial charge in [-0.1, -0.05) is 13.0 Å². The molecule has 106 valence electrons. The molecule has 0 spiro atoms. The molecule has 1 atom stereocenters. The molecule has 20 heavy (non-hydrogen) atoms. The Morgan fingerprint density at radius 3 is 2.95 bits per heavy atom. The van der Waals surface area contributed by atoms with Gasteiger partial charge in [0.15, 0.2) is 0 Å². The highest BCUT2D eigenvalue weighted by atomic mass is 79.9. The third-order valence-corrected chi connectivity index (χ3v) is 5.12. The summed E-state index contributed by atoms with van der Waals surface area (Å²) in [6.45, 7) is 4.01. The topological polar surface area (TPSA) is 68.0 Å². The highest BCUT2D eigenvalue weighted by Crippen LogP contribution is 2.25. The van der Waals surface area contributed by atoms with Gasteiger partial charge >= 0.3 is 0 Å². The first kappa shape index (κ1) is 15.0.